The maximum absolute atomic E-state index is 11.2. The summed E-state index contributed by atoms with van der Waals surface area (Å²) in [6.45, 7) is 2.07. The third-order valence-corrected chi connectivity index (χ3v) is 5.50. The molecule has 3 nitrogen and oxygen atoms in total. The number of hydrogen-bond acceptors (Lipinski definition) is 4. The lowest BCUT2D eigenvalue weighted by molar-refractivity contribution is 0.0700. The minimum Gasteiger partial charge on any atom is -0.477 e. The number of thiazole rings is 1. The van der Waals surface area contributed by atoms with Crippen molar-refractivity contribution in [2.75, 3.05) is 0 Å². The molecule has 0 radical (unpaired) electrons. The van der Waals surface area contributed by atoms with Gasteiger partial charge in [-0.2, -0.15) is 0 Å². The number of aromatic carboxylic acids is 1. The number of carboxylic acids is 1. The maximum Gasteiger partial charge on any atom is 0.347 e. The molecule has 2 aromatic rings. The lowest BCUT2D eigenvalue weighted by Crippen LogP contribution is -1.97. The Morgan fingerprint density at radius 1 is 1.40 bits per heavy atom. The molecule has 1 aliphatic carbocycles. The fourth-order valence-electron chi connectivity index (χ4n) is 2.01. The summed E-state index contributed by atoms with van der Waals surface area (Å²) in [5, 5.41) is 10.1. The molecular weight excluding hydrogens is 290 g/mol. The van der Waals surface area contributed by atoms with E-state index in [1.165, 1.54) is 21.8 Å². The molecule has 0 bridgehead atoms. The summed E-state index contributed by atoms with van der Waals surface area (Å²) >= 11 is 3.03. The number of nitrogens with zero attached hydrogens (tertiary/aromatic N) is 1. The normalized spacial score (nSPS) is 14.4. The van der Waals surface area contributed by atoms with Crippen LogP contribution in [-0.4, -0.2) is 16.1 Å². The summed E-state index contributed by atoms with van der Waals surface area (Å²) in [6, 6.07) is 8.35. The molecule has 5 heteroatoms. The molecule has 104 valence electrons. The SMILES string of the molecule is Cc1ccc(SCc2nc(C3CC3)c(C(=O)O)s2)cc1. The fraction of sp³-hybridized carbons (Fsp3) is 0.333. The van der Waals surface area contributed by atoms with Crippen LogP contribution in [0.1, 0.15) is 44.7 Å². The van der Waals surface area contributed by atoms with Crippen LogP contribution in [0.3, 0.4) is 0 Å². The van der Waals surface area contributed by atoms with Crippen LogP contribution < -0.4 is 0 Å². The van der Waals surface area contributed by atoms with E-state index in [-0.39, 0.29) is 0 Å². The number of benzene rings is 1. The second-order valence-electron chi connectivity index (χ2n) is 5.00. The van der Waals surface area contributed by atoms with E-state index in [4.69, 9.17) is 0 Å². The molecular formula is C15H15NO2S2. The van der Waals surface area contributed by atoms with E-state index in [0.29, 0.717) is 10.8 Å². The Morgan fingerprint density at radius 3 is 2.70 bits per heavy atom. The first-order valence-corrected chi connectivity index (χ1v) is 8.36. The Labute approximate surface area is 126 Å². The average molecular weight is 305 g/mol. The van der Waals surface area contributed by atoms with Gasteiger partial charge in [0.1, 0.15) is 9.88 Å². The van der Waals surface area contributed by atoms with Crippen LogP contribution in [0.2, 0.25) is 0 Å². The van der Waals surface area contributed by atoms with Crippen molar-refractivity contribution in [3.8, 4) is 0 Å². The van der Waals surface area contributed by atoms with Crippen molar-refractivity contribution in [1.29, 1.82) is 0 Å². The largest absolute Gasteiger partial charge is 0.477 e. The molecule has 1 aromatic heterocycles. The second kappa shape index (κ2) is 5.58. The fourth-order valence-corrected chi connectivity index (χ4v) is 3.89. The Bertz CT molecular complexity index is 630. The monoisotopic (exact) mass is 305 g/mol. The van der Waals surface area contributed by atoms with E-state index < -0.39 is 5.97 Å². The van der Waals surface area contributed by atoms with Crippen molar-refractivity contribution in [2.24, 2.45) is 0 Å². The topological polar surface area (TPSA) is 50.2 Å². The van der Waals surface area contributed by atoms with Gasteiger partial charge in [0, 0.05) is 10.8 Å². The van der Waals surface area contributed by atoms with Gasteiger partial charge in [0.2, 0.25) is 0 Å². The quantitative estimate of drug-likeness (QED) is 0.836. The highest BCUT2D eigenvalue weighted by Gasteiger charge is 2.31. The molecule has 1 aromatic carbocycles. The summed E-state index contributed by atoms with van der Waals surface area (Å²) in [7, 11) is 0. The van der Waals surface area contributed by atoms with Gasteiger partial charge < -0.3 is 5.11 Å². The number of rotatable bonds is 5. The molecule has 1 heterocycles. The number of thioether (sulfide) groups is 1. The van der Waals surface area contributed by atoms with Gasteiger partial charge in [0.25, 0.3) is 0 Å². The number of aryl methyl sites for hydroxylation is 1. The van der Waals surface area contributed by atoms with Crippen LogP contribution in [0, 0.1) is 6.92 Å². The van der Waals surface area contributed by atoms with E-state index in [9.17, 15) is 9.90 Å². The summed E-state index contributed by atoms with van der Waals surface area (Å²) in [5.74, 6) is 0.284. The second-order valence-corrected chi connectivity index (χ2v) is 7.14. The molecule has 0 spiro atoms. The van der Waals surface area contributed by atoms with Gasteiger partial charge in [-0.3, -0.25) is 0 Å². The van der Waals surface area contributed by atoms with Gasteiger partial charge in [-0.1, -0.05) is 17.7 Å². The summed E-state index contributed by atoms with van der Waals surface area (Å²) in [4.78, 5) is 17.4. The predicted molar refractivity (Wildman–Crippen MR) is 81.8 cm³/mol. The van der Waals surface area contributed by atoms with E-state index >= 15 is 0 Å². The van der Waals surface area contributed by atoms with Crippen molar-refractivity contribution < 1.29 is 9.90 Å². The standard InChI is InChI=1S/C15H15NO2S2/c1-9-2-6-11(7-3-9)19-8-12-16-13(10-4-5-10)14(20-12)15(17)18/h2-3,6-7,10H,4-5,8H2,1H3,(H,17,18). The molecule has 20 heavy (non-hydrogen) atoms. The van der Waals surface area contributed by atoms with Crippen molar-refractivity contribution in [3.05, 3.63) is 45.4 Å². The zero-order valence-electron chi connectivity index (χ0n) is 11.1. The Kier molecular flexibility index (Phi) is 3.81. The lowest BCUT2D eigenvalue weighted by atomic mass is 10.2. The van der Waals surface area contributed by atoms with Crippen LogP contribution >= 0.6 is 23.1 Å². The van der Waals surface area contributed by atoms with E-state index in [1.54, 1.807) is 11.8 Å². The molecule has 0 aliphatic heterocycles. The number of carboxylic acid groups (broad SMARTS) is 1. The lowest BCUT2D eigenvalue weighted by Gasteiger charge is -1.99. The number of carbonyl (C=O) groups is 1. The highest BCUT2D eigenvalue weighted by atomic mass is 32.2. The van der Waals surface area contributed by atoms with Crippen molar-refractivity contribution in [3.63, 3.8) is 0 Å². The van der Waals surface area contributed by atoms with Gasteiger partial charge in [0.05, 0.1) is 11.4 Å². The Hall–Kier alpha value is -1.33. The highest BCUT2D eigenvalue weighted by Crippen LogP contribution is 2.43. The highest BCUT2D eigenvalue weighted by molar-refractivity contribution is 7.98. The van der Waals surface area contributed by atoms with Crippen molar-refractivity contribution in [2.45, 2.75) is 36.3 Å². The summed E-state index contributed by atoms with van der Waals surface area (Å²) in [6.07, 6.45) is 2.16. The van der Waals surface area contributed by atoms with Crippen LogP contribution in [0.4, 0.5) is 0 Å². The summed E-state index contributed by atoms with van der Waals surface area (Å²) in [5.41, 5.74) is 2.05. The van der Waals surface area contributed by atoms with Crippen molar-refractivity contribution in [1.82, 2.24) is 4.98 Å². The van der Waals surface area contributed by atoms with E-state index in [2.05, 4.69) is 36.2 Å². The minimum absolute atomic E-state index is 0.385. The first-order chi connectivity index (χ1) is 9.63. The van der Waals surface area contributed by atoms with Crippen molar-refractivity contribution >= 4 is 29.1 Å². The number of hydrogen-bond donors (Lipinski definition) is 1. The third-order valence-electron chi connectivity index (χ3n) is 3.24. The molecule has 0 unspecified atom stereocenters. The molecule has 1 aliphatic rings. The van der Waals surface area contributed by atoms with Crippen LogP contribution in [0.15, 0.2) is 29.2 Å². The first-order valence-electron chi connectivity index (χ1n) is 6.56. The van der Waals surface area contributed by atoms with Crippen LogP contribution in [0.25, 0.3) is 0 Å². The minimum atomic E-state index is -0.837. The Balaban J connectivity index is 1.72. The van der Waals surface area contributed by atoms with Gasteiger partial charge in [0.15, 0.2) is 0 Å². The molecule has 1 saturated carbocycles. The van der Waals surface area contributed by atoms with Gasteiger partial charge in [-0.05, 0) is 31.9 Å². The molecule has 1 fully saturated rings. The van der Waals surface area contributed by atoms with E-state index in [1.807, 2.05) is 0 Å². The Morgan fingerprint density at radius 2 is 2.10 bits per heavy atom. The maximum atomic E-state index is 11.2. The zero-order chi connectivity index (χ0) is 14.1. The summed E-state index contributed by atoms with van der Waals surface area (Å²) < 4.78 is 0. The van der Waals surface area contributed by atoms with Gasteiger partial charge in [-0.15, -0.1) is 23.1 Å². The van der Waals surface area contributed by atoms with Gasteiger partial charge in [-0.25, -0.2) is 9.78 Å². The zero-order valence-corrected chi connectivity index (χ0v) is 12.8. The molecule has 0 atom stereocenters. The molecule has 0 amide bonds. The van der Waals surface area contributed by atoms with Crippen LogP contribution in [-0.2, 0) is 5.75 Å². The first kappa shape index (κ1) is 13.6. The number of aromatic nitrogens is 1. The third kappa shape index (κ3) is 3.04. The molecule has 3 rings (SSSR count). The smallest absolute Gasteiger partial charge is 0.347 e. The predicted octanol–water partition coefficient (Wildman–Crippen LogP) is 4.32. The molecule has 0 saturated heterocycles. The average Bonchev–Trinajstić information content (AvgIpc) is 3.18. The molecule has 1 N–H and O–H groups in total. The van der Waals surface area contributed by atoms with E-state index in [0.717, 1.165) is 29.3 Å². The van der Waals surface area contributed by atoms with Crippen LogP contribution in [0.5, 0.6) is 0 Å². The van der Waals surface area contributed by atoms with Gasteiger partial charge >= 0.3 is 5.97 Å².